The van der Waals surface area contributed by atoms with Gasteiger partial charge in [0.2, 0.25) is 21.7 Å². The summed E-state index contributed by atoms with van der Waals surface area (Å²) >= 11 is 0. The Hall–Kier alpha value is -2.00. The van der Waals surface area contributed by atoms with Gasteiger partial charge in [0, 0.05) is 36.8 Å². The molecule has 0 saturated carbocycles. The molecule has 1 aromatic carbocycles. The van der Waals surface area contributed by atoms with E-state index in [-0.39, 0.29) is 17.6 Å². The van der Waals surface area contributed by atoms with E-state index in [0.717, 1.165) is 0 Å². The van der Waals surface area contributed by atoms with Gasteiger partial charge in [0.25, 0.3) is 0 Å². The van der Waals surface area contributed by atoms with Crippen LogP contribution in [-0.4, -0.2) is 58.8 Å². The zero-order valence-corrected chi connectivity index (χ0v) is 16.4. The number of hydrogen-bond acceptors (Lipinski definition) is 6. The molecule has 0 aromatic heterocycles. The van der Waals surface area contributed by atoms with Crippen LogP contribution in [0.3, 0.4) is 0 Å². The summed E-state index contributed by atoms with van der Waals surface area (Å²) in [5.41, 5.74) is 0.535. The van der Waals surface area contributed by atoms with E-state index in [1.807, 2.05) is 0 Å². The van der Waals surface area contributed by atoms with Crippen molar-refractivity contribution in [3.63, 3.8) is 0 Å². The van der Waals surface area contributed by atoms with E-state index >= 15 is 0 Å². The maximum Gasteiger partial charge on any atom is 0.227 e. The first-order chi connectivity index (χ1) is 12.4. The van der Waals surface area contributed by atoms with E-state index in [1.54, 1.807) is 19.1 Å². The molecule has 9 heteroatoms. The molecule has 0 unspecified atom stereocenters. The van der Waals surface area contributed by atoms with Crippen molar-refractivity contribution in [2.45, 2.75) is 19.8 Å². The lowest BCUT2D eigenvalue weighted by atomic mass is 9.97. The number of nitrogens with one attached hydrogen (secondary N) is 1. The highest BCUT2D eigenvalue weighted by atomic mass is 32.2. The van der Waals surface area contributed by atoms with Crippen molar-refractivity contribution >= 4 is 21.6 Å². The summed E-state index contributed by atoms with van der Waals surface area (Å²) < 4.78 is 41.1. The Labute approximate surface area is 154 Å². The van der Waals surface area contributed by atoms with Gasteiger partial charge < -0.3 is 19.5 Å². The molecule has 1 fully saturated rings. The molecule has 2 rings (SSSR count). The van der Waals surface area contributed by atoms with Gasteiger partial charge in [0.15, 0.2) is 11.5 Å². The topological polar surface area (TPSA) is 94.2 Å². The molecule has 0 bridgehead atoms. The van der Waals surface area contributed by atoms with Crippen LogP contribution < -0.4 is 19.5 Å². The summed E-state index contributed by atoms with van der Waals surface area (Å²) in [4.78, 5) is 12.6. The zero-order valence-electron chi connectivity index (χ0n) is 15.6. The number of ether oxygens (including phenoxy) is 3. The van der Waals surface area contributed by atoms with E-state index in [0.29, 0.717) is 48.9 Å². The second kappa shape index (κ2) is 8.59. The maximum atomic E-state index is 12.6. The first-order valence-electron chi connectivity index (χ1n) is 8.45. The number of hydrogen-bond donors (Lipinski definition) is 1. The van der Waals surface area contributed by atoms with Crippen LogP contribution in [0, 0.1) is 5.92 Å². The number of benzene rings is 1. The van der Waals surface area contributed by atoms with E-state index < -0.39 is 10.0 Å². The second-order valence-electron chi connectivity index (χ2n) is 5.98. The van der Waals surface area contributed by atoms with Gasteiger partial charge in [-0.3, -0.25) is 4.79 Å². The van der Waals surface area contributed by atoms with Crippen LogP contribution in [0.5, 0.6) is 17.2 Å². The van der Waals surface area contributed by atoms with Crippen LogP contribution in [-0.2, 0) is 14.8 Å². The third kappa shape index (κ3) is 4.39. The Morgan fingerprint density at radius 1 is 1.12 bits per heavy atom. The highest BCUT2D eigenvalue weighted by Crippen LogP contribution is 2.40. The first-order valence-corrected chi connectivity index (χ1v) is 10.1. The van der Waals surface area contributed by atoms with E-state index in [1.165, 1.54) is 25.6 Å². The highest BCUT2D eigenvalue weighted by Gasteiger charge is 2.30. The highest BCUT2D eigenvalue weighted by molar-refractivity contribution is 7.89. The minimum atomic E-state index is -3.20. The van der Waals surface area contributed by atoms with Gasteiger partial charge in [-0.25, -0.2) is 12.7 Å². The van der Waals surface area contributed by atoms with Crippen LogP contribution in [0.1, 0.15) is 19.8 Å². The maximum absolute atomic E-state index is 12.6. The summed E-state index contributed by atoms with van der Waals surface area (Å²) in [6.45, 7) is 2.35. The molecule has 1 aliphatic rings. The number of sulfonamides is 1. The average molecular weight is 386 g/mol. The molecule has 0 radical (unpaired) electrons. The number of amides is 1. The molecule has 146 valence electrons. The Morgan fingerprint density at radius 3 is 2.08 bits per heavy atom. The molecule has 1 saturated heterocycles. The Kier molecular flexibility index (Phi) is 6.71. The van der Waals surface area contributed by atoms with Crippen molar-refractivity contribution in [3.8, 4) is 17.2 Å². The molecule has 0 spiro atoms. The van der Waals surface area contributed by atoms with Crippen molar-refractivity contribution in [3.05, 3.63) is 12.1 Å². The third-order valence-corrected chi connectivity index (χ3v) is 6.40. The van der Waals surface area contributed by atoms with Gasteiger partial charge in [-0.15, -0.1) is 0 Å². The first kappa shape index (κ1) is 20.3. The third-order valence-electron chi connectivity index (χ3n) is 4.52. The fourth-order valence-electron chi connectivity index (χ4n) is 2.98. The molecule has 1 N–H and O–H groups in total. The zero-order chi connectivity index (χ0) is 19.3. The number of rotatable bonds is 7. The van der Waals surface area contributed by atoms with Crippen LogP contribution in [0.2, 0.25) is 0 Å². The lowest BCUT2D eigenvalue weighted by Gasteiger charge is -2.30. The van der Waals surface area contributed by atoms with Crippen molar-refractivity contribution in [2.75, 3.05) is 45.5 Å². The lowest BCUT2D eigenvalue weighted by Crippen LogP contribution is -2.42. The molecule has 1 amide bonds. The van der Waals surface area contributed by atoms with Crippen molar-refractivity contribution in [2.24, 2.45) is 5.92 Å². The minimum Gasteiger partial charge on any atom is -0.493 e. The molecule has 1 aliphatic heterocycles. The molecule has 0 atom stereocenters. The van der Waals surface area contributed by atoms with Gasteiger partial charge in [-0.05, 0) is 19.8 Å². The van der Waals surface area contributed by atoms with Crippen LogP contribution in [0.15, 0.2) is 12.1 Å². The Bertz CT molecular complexity index is 717. The largest absolute Gasteiger partial charge is 0.493 e. The fraction of sp³-hybridized carbons (Fsp3) is 0.588. The lowest BCUT2D eigenvalue weighted by molar-refractivity contribution is -0.120. The molecule has 8 nitrogen and oxygen atoms in total. The second-order valence-corrected chi connectivity index (χ2v) is 8.23. The Balaban J connectivity index is 2.07. The van der Waals surface area contributed by atoms with Gasteiger partial charge in [0.1, 0.15) is 0 Å². The van der Waals surface area contributed by atoms with Crippen LogP contribution in [0.4, 0.5) is 5.69 Å². The quantitative estimate of drug-likeness (QED) is 0.767. The molecule has 1 aromatic rings. The standard InChI is InChI=1S/C17H26N2O6S/c1-5-26(21,22)19-8-6-12(7-9-19)17(20)18-13-10-14(23-2)16(25-4)15(11-13)24-3/h10-12H,5-9H2,1-4H3,(H,18,20). The number of carbonyl (C=O) groups excluding carboxylic acids is 1. The minimum absolute atomic E-state index is 0.0787. The smallest absolute Gasteiger partial charge is 0.227 e. The summed E-state index contributed by atoms with van der Waals surface area (Å²) in [6, 6.07) is 3.33. The SMILES string of the molecule is CCS(=O)(=O)N1CCC(C(=O)Nc2cc(OC)c(OC)c(OC)c2)CC1. The van der Waals surface area contributed by atoms with E-state index in [4.69, 9.17) is 14.2 Å². The van der Waals surface area contributed by atoms with Crippen LogP contribution >= 0.6 is 0 Å². The van der Waals surface area contributed by atoms with Crippen molar-refractivity contribution in [1.29, 1.82) is 0 Å². The summed E-state index contributed by atoms with van der Waals surface area (Å²) in [5, 5.41) is 2.86. The summed E-state index contributed by atoms with van der Waals surface area (Å²) in [5.74, 6) is 1.04. The number of nitrogens with zero attached hydrogens (tertiary/aromatic N) is 1. The van der Waals surface area contributed by atoms with Gasteiger partial charge >= 0.3 is 0 Å². The number of carbonyl (C=O) groups is 1. The van der Waals surface area contributed by atoms with Gasteiger partial charge in [-0.1, -0.05) is 0 Å². The van der Waals surface area contributed by atoms with Crippen molar-refractivity contribution in [1.82, 2.24) is 4.31 Å². The average Bonchev–Trinajstić information content (AvgIpc) is 2.67. The molecular weight excluding hydrogens is 360 g/mol. The summed E-state index contributed by atoms with van der Waals surface area (Å²) in [6.07, 6.45) is 0.991. The fourth-order valence-corrected chi connectivity index (χ4v) is 4.11. The predicted molar refractivity (Wildman–Crippen MR) is 98.5 cm³/mol. The molecule has 26 heavy (non-hydrogen) atoms. The van der Waals surface area contributed by atoms with E-state index in [9.17, 15) is 13.2 Å². The van der Waals surface area contributed by atoms with Gasteiger partial charge in [0.05, 0.1) is 27.1 Å². The number of anilines is 1. The van der Waals surface area contributed by atoms with Crippen LogP contribution in [0.25, 0.3) is 0 Å². The Morgan fingerprint density at radius 2 is 1.65 bits per heavy atom. The number of piperidine rings is 1. The van der Waals surface area contributed by atoms with Crippen molar-refractivity contribution < 1.29 is 27.4 Å². The predicted octanol–water partition coefficient (Wildman–Crippen LogP) is 1.71. The normalized spacial score (nSPS) is 16.2. The van der Waals surface area contributed by atoms with E-state index in [2.05, 4.69) is 5.32 Å². The number of methoxy groups -OCH3 is 3. The van der Waals surface area contributed by atoms with Gasteiger partial charge in [-0.2, -0.15) is 0 Å². The summed E-state index contributed by atoms with van der Waals surface area (Å²) in [7, 11) is 1.32. The molecule has 1 heterocycles. The molecular formula is C17H26N2O6S. The monoisotopic (exact) mass is 386 g/mol. The molecule has 0 aliphatic carbocycles.